The maximum absolute atomic E-state index is 12.5. The topological polar surface area (TPSA) is 79.4 Å². The van der Waals surface area contributed by atoms with Crippen LogP contribution in [0.3, 0.4) is 0 Å². The number of hydrogen-bond acceptors (Lipinski definition) is 5. The van der Waals surface area contributed by atoms with E-state index in [-0.39, 0.29) is 12.5 Å². The lowest BCUT2D eigenvalue weighted by molar-refractivity contribution is -0.151. The highest BCUT2D eigenvalue weighted by Crippen LogP contribution is 2.42. The Labute approximate surface area is 113 Å². The summed E-state index contributed by atoms with van der Waals surface area (Å²) < 4.78 is 0. The summed E-state index contributed by atoms with van der Waals surface area (Å²) in [5.74, 6) is -0.802. The second-order valence-corrected chi connectivity index (χ2v) is 5.84. The van der Waals surface area contributed by atoms with Crippen LogP contribution in [0, 0.1) is 5.41 Å². The van der Waals surface area contributed by atoms with Crippen LogP contribution in [0.2, 0.25) is 0 Å². The van der Waals surface area contributed by atoms with Crippen LogP contribution in [0.4, 0.5) is 4.79 Å². The molecule has 1 N–H and O–H groups in total. The Kier molecular flexibility index (Phi) is 2.85. The van der Waals surface area contributed by atoms with E-state index in [4.69, 9.17) is 0 Å². The molecule has 19 heavy (non-hydrogen) atoms. The zero-order chi connectivity index (χ0) is 13.5. The predicted octanol–water partition coefficient (Wildman–Crippen LogP) is 1.28. The monoisotopic (exact) mass is 279 g/mol. The van der Waals surface area contributed by atoms with E-state index in [9.17, 15) is 14.4 Å². The standard InChI is InChI=1S/C12H13N3O3S/c16-9-12(3-1-2-4-12)10(17)15(11(18)14-9)7-8-13-5-6-19-8/h5-6H,1-4,7H2,(H,14,16,18). The van der Waals surface area contributed by atoms with Crippen molar-refractivity contribution < 1.29 is 14.4 Å². The number of amides is 4. The highest BCUT2D eigenvalue weighted by molar-refractivity contribution is 7.09. The van der Waals surface area contributed by atoms with Crippen LogP contribution < -0.4 is 5.32 Å². The van der Waals surface area contributed by atoms with Crippen molar-refractivity contribution in [3.63, 3.8) is 0 Å². The molecule has 1 aromatic heterocycles. The molecule has 1 saturated carbocycles. The fourth-order valence-corrected chi connectivity index (χ4v) is 3.37. The van der Waals surface area contributed by atoms with Gasteiger partial charge in [0.05, 0.1) is 6.54 Å². The zero-order valence-corrected chi connectivity index (χ0v) is 11.0. The van der Waals surface area contributed by atoms with Gasteiger partial charge in [-0.1, -0.05) is 12.8 Å². The number of carbonyl (C=O) groups is 3. The Balaban J connectivity index is 1.89. The molecule has 0 bridgehead atoms. The van der Waals surface area contributed by atoms with Crippen LogP contribution in [0.15, 0.2) is 11.6 Å². The van der Waals surface area contributed by atoms with Gasteiger partial charge in [0.2, 0.25) is 11.8 Å². The minimum absolute atomic E-state index is 0.136. The SMILES string of the molecule is O=C1NC(=O)C2(CCCC2)C(=O)N1Cc1nccs1. The van der Waals surface area contributed by atoms with Gasteiger partial charge >= 0.3 is 6.03 Å². The molecule has 4 amide bonds. The number of barbiturate groups is 1. The van der Waals surface area contributed by atoms with E-state index in [1.807, 2.05) is 0 Å². The van der Waals surface area contributed by atoms with E-state index in [0.717, 1.165) is 17.7 Å². The molecule has 2 heterocycles. The van der Waals surface area contributed by atoms with Gasteiger partial charge in [0.1, 0.15) is 10.4 Å². The fraction of sp³-hybridized carbons (Fsp3) is 0.500. The van der Waals surface area contributed by atoms with Crippen molar-refractivity contribution in [2.75, 3.05) is 0 Å². The van der Waals surface area contributed by atoms with Crippen molar-refractivity contribution in [1.29, 1.82) is 0 Å². The molecule has 6 nitrogen and oxygen atoms in total. The normalized spacial score (nSPS) is 22.1. The number of rotatable bonds is 2. The van der Waals surface area contributed by atoms with Crippen LogP contribution in [-0.4, -0.2) is 27.7 Å². The van der Waals surface area contributed by atoms with Gasteiger partial charge in [0, 0.05) is 11.6 Å². The van der Waals surface area contributed by atoms with Crippen LogP contribution in [0.25, 0.3) is 0 Å². The second-order valence-electron chi connectivity index (χ2n) is 4.87. The van der Waals surface area contributed by atoms with Gasteiger partial charge in [-0.15, -0.1) is 11.3 Å². The van der Waals surface area contributed by atoms with Gasteiger partial charge in [-0.25, -0.2) is 9.78 Å². The summed E-state index contributed by atoms with van der Waals surface area (Å²) in [5.41, 5.74) is -1.02. The Bertz CT molecular complexity index is 534. The average Bonchev–Trinajstić information content (AvgIpc) is 3.05. The molecule has 0 radical (unpaired) electrons. The number of thiazole rings is 1. The molecule has 1 saturated heterocycles. The molecule has 0 unspecified atom stereocenters. The predicted molar refractivity (Wildman–Crippen MR) is 67.1 cm³/mol. The Hall–Kier alpha value is -1.76. The Morgan fingerprint density at radius 2 is 2.05 bits per heavy atom. The lowest BCUT2D eigenvalue weighted by atomic mass is 9.82. The molecule has 100 valence electrons. The second kappa shape index (κ2) is 4.41. The van der Waals surface area contributed by atoms with E-state index in [1.54, 1.807) is 11.6 Å². The van der Waals surface area contributed by atoms with Crippen molar-refractivity contribution in [1.82, 2.24) is 15.2 Å². The third-order valence-corrected chi connectivity index (χ3v) is 4.55. The summed E-state index contributed by atoms with van der Waals surface area (Å²) in [7, 11) is 0. The summed E-state index contributed by atoms with van der Waals surface area (Å²) in [6.07, 6.45) is 4.37. The van der Waals surface area contributed by atoms with Crippen molar-refractivity contribution in [2.45, 2.75) is 32.2 Å². The third-order valence-electron chi connectivity index (χ3n) is 3.79. The molecule has 1 aromatic rings. The third kappa shape index (κ3) is 1.85. The molecule has 0 atom stereocenters. The molecule has 1 aliphatic carbocycles. The maximum atomic E-state index is 12.5. The van der Waals surface area contributed by atoms with Crippen molar-refractivity contribution in [3.8, 4) is 0 Å². The van der Waals surface area contributed by atoms with Crippen LogP contribution in [0.5, 0.6) is 0 Å². The first-order valence-corrected chi connectivity index (χ1v) is 7.07. The Morgan fingerprint density at radius 1 is 1.32 bits per heavy atom. The molecule has 2 aliphatic rings. The number of carbonyl (C=O) groups excluding carboxylic acids is 3. The highest BCUT2D eigenvalue weighted by atomic mass is 32.1. The smallest absolute Gasteiger partial charge is 0.277 e. The van der Waals surface area contributed by atoms with Crippen molar-refractivity contribution in [3.05, 3.63) is 16.6 Å². The van der Waals surface area contributed by atoms with Crippen LogP contribution >= 0.6 is 11.3 Å². The minimum Gasteiger partial charge on any atom is -0.277 e. The highest BCUT2D eigenvalue weighted by Gasteiger charge is 2.54. The number of nitrogens with one attached hydrogen (secondary N) is 1. The van der Waals surface area contributed by atoms with Gasteiger partial charge in [-0.05, 0) is 12.8 Å². The summed E-state index contributed by atoms with van der Waals surface area (Å²) in [6, 6.07) is -0.636. The first kappa shape index (κ1) is 12.3. The van der Waals surface area contributed by atoms with E-state index >= 15 is 0 Å². The minimum atomic E-state index is -1.02. The lowest BCUT2D eigenvalue weighted by Crippen LogP contribution is -2.62. The quantitative estimate of drug-likeness (QED) is 0.827. The summed E-state index contributed by atoms with van der Waals surface area (Å²) >= 11 is 1.38. The van der Waals surface area contributed by atoms with Gasteiger partial charge in [-0.3, -0.25) is 19.8 Å². The number of urea groups is 1. The molecule has 3 rings (SSSR count). The molecule has 1 spiro atoms. The summed E-state index contributed by atoms with van der Waals surface area (Å²) in [6.45, 7) is 0.136. The van der Waals surface area contributed by atoms with Gasteiger partial charge in [-0.2, -0.15) is 0 Å². The first-order chi connectivity index (χ1) is 9.13. The van der Waals surface area contributed by atoms with Crippen molar-refractivity contribution >= 4 is 29.2 Å². The number of hydrogen-bond donors (Lipinski definition) is 1. The molecular weight excluding hydrogens is 266 g/mol. The molecule has 1 aliphatic heterocycles. The molecule has 7 heteroatoms. The first-order valence-electron chi connectivity index (χ1n) is 6.19. The van der Waals surface area contributed by atoms with E-state index < -0.39 is 17.4 Å². The van der Waals surface area contributed by atoms with E-state index in [0.29, 0.717) is 17.8 Å². The van der Waals surface area contributed by atoms with Crippen LogP contribution in [-0.2, 0) is 16.1 Å². The molecule has 2 fully saturated rings. The average molecular weight is 279 g/mol. The van der Waals surface area contributed by atoms with E-state index in [2.05, 4.69) is 10.3 Å². The summed E-state index contributed by atoms with van der Waals surface area (Å²) in [5, 5.41) is 4.79. The van der Waals surface area contributed by atoms with Crippen LogP contribution in [0.1, 0.15) is 30.7 Å². The van der Waals surface area contributed by atoms with Gasteiger partial charge in [0.25, 0.3) is 0 Å². The van der Waals surface area contributed by atoms with Gasteiger partial charge in [0.15, 0.2) is 0 Å². The number of imide groups is 2. The number of nitrogens with zero attached hydrogens (tertiary/aromatic N) is 2. The lowest BCUT2D eigenvalue weighted by Gasteiger charge is -2.36. The van der Waals surface area contributed by atoms with E-state index in [1.165, 1.54) is 11.3 Å². The Morgan fingerprint density at radius 3 is 2.68 bits per heavy atom. The maximum Gasteiger partial charge on any atom is 0.331 e. The number of aromatic nitrogens is 1. The molecular formula is C12H13N3O3S. The van der Waals surface area contributed by atoms with Gasteiger partial charge < -0.3 is 0 Å². The van der Waals surface area contributed by atoms with Crippen molar-refractivity contribution in [2.24, 2.45) is 5.41 Å². The molecule has 0 aromatic carbocycles. The summed E-state index contributed by atoms with van der Waals surface area (Å²) in [4.78, 5) is 41.5. The fourth-order valence-electron chi connectivity index (χ4n) is 2.76. The largest absolute Gasteiger partial charge is 0.331 e. The zero-order valence-electron chi connectivity index (χ0n) is 10.2.